The van der Waals surface area contributed by atoms with E-state index in [2.05, 4.69) is 34.6 Å². The van der Waals surface area contributed by atoms with Gasteiger partial charge in [0, 0.05) is 51.4 Å². The number of rotatable bonds is 7. The molecule has 8 nitrogen and oxygen atoms in total. The van der Waals surface area contributed by atoms with Gasteiger partial charge in [0.2, 0.25) is 6.79 Å². The molecule has 3 aliphatic heterocycles. The van der Waals surface area contributed by atoms with Gasteiger partial charge in [0.05, 0.1) is 19.8 Å². The lowest BCUT2D eigenvalue weighted by Gasteiger charge is -2.36. The van der Waals surface area contributed by atoms with Crippen LogP contribution in [0.25, 0.3) is 0 Å². The molecule has 0 bridgehead atoms. The minimum absolute atomic E-state index is 0. The molecule has 0 radical (unpaired) electrons. The van der Waals surface area contributed by atoms with E-state index in [1.54, 1.807) is 0 Å². The van der Waals surface area contributed by atoms with Gasteiger partial charge in [-0.1, -0.05) is 6.07 Å². The van der Waals surface area contributed by atoms with E-state index in [1.807, 2.05) is 6.07 Å². The van der Waals surface area contributed by atoms with Crippen LogP contribution in [-0.2, 0) is 14.9 Å². The normalized spacial score (nSPS) is 20.7. The third kappa shape index (κ3) is 6.36. The van der Waals surface area contributed by atoms with E-state index < -0.39 is 0 Å². The lowest BCUT2D eigenvalue weighted by Crippen LogP contribution is -2.45. The number of fused-ring (bicyclic) bond motifs is 1. The SMILES string of the molecule is CCNC(=NCC1(c2ccc3c(c2)OCO3)CCOCC1)NCCN1CCOCC1.I. The van der Waals surface area contributed by atoms with Crippen molar-refractivity contribution in [3.63, 3.8) is 0 Å². The number of aliphatic imine (C=N–C) groups is 1. The van der Waals surface area contributed by atoms with E-state index in [9.17, 15) is 0 Å². The van der Waals surface area contributed by atoms with Gasteiger partial charge in [0.15, 0.2) is 17.5 Å². The Morgan fingerprint density at radius 1 is 1.03 bits per heavy atom. The van der Waals surface area contributed by atoms with Crippen molar-refractivity contribution in [1.82, 2.24) is 15.5 Å². The van der Waals surface area contributed by atoms with Crippen molar-refractivity contribution in [2.75, 3.05) is 72.5 Å². The molecule has 2 fully saturated rings. The Kier molecular flexibility index (Phi) is 9.48. The van der Waals surface area contributed by atoms with Crippen LogP contribution in [0.5, 0.6) is 11.5 Å². The van der Waals surface area contributed by atoms with Crippen molar-refractivity contribution in [2.24, 2.45) is 4.99 Å². The molecule has 31 heavy (non-hydrogen) atoms. The quantitative estimate of drug-likeness (QED) is 0.308. The number of halogens is 1. The minimum Gasteiger partial charge on any atom is -0.454 e. The maximum Gasteiger partial charge on any atom is 0.231 e. The van der Waals surface area contributed by atoms with E-state index in [-0.39, 0.29) is 29.4 Å². The number of hydrogen-bond donors (Lipinski definition) is 2. The lowest BCUT2D eigenvalue weighted by molar-refractivity contribution is 0.0389. The Bertz CT molecular complexity index is 721. The number of nitrogens with zero attached hydrogens (tertiary/aromatic N) is 2. The van der Waals surface area contributed by atoms with Gasteiger partial charge in [0.1, 0.15) is 0 Å². The van der Waals surface area contributed by atoms with Crippen molar-refractivity contribution < 1.29 is 18.9 Å². The fraction of sp³-hybridized carbons (Fsp3) is 0.682. The van der Waals surface area contributed by atoms with E-state index >= 15 is 0 Å². The van der Waals surface area contributed by atoms with Gasteiger partial charge >= 0.3 is 0 Å². The molecule has 174 valence electrons. The van der Waals surface area contributed by atoms with Crippen LogP contribution in [0.15, 0.2) is 23.2 Å². The molecule has 0 unspecified atom stereocenters. The average molecular weight is 546 g/mol. The van der Waals surface area contributed by atoms with Gasteiger partial charge in [-0.25, -0.2) is 0 Å². The second-order valence-electron chi connectivity index (χ2n) is 8.04. The summed E-state index contributed by atoms with van der Waals surface area (Å²) in [6.07, 6.45) is 1.90. The summed E-state index contributed by atoms with van der Waals surface area (Å²) in [4.78, 5) is 7.41. The second kappa shape index (κ2) is 12.1. The summed E-state index contributed by atoms with van der Waals surface area (Å²) < 4.78 is 22.2. The third-order valence-electron chi connectivity index (χ3n) is 6.14. The van der Waals surface area contributed by atoms with Crippen molar-refractivity contribution in [2.45, 2.75) is 25.2 Å². The first-order chi connectivity index (χ1) is 14.8. The molecule has 9 heteroatoms. The molecule has 3 aliphatic rings. The molecule has 0 aliphatic carbocycles. The molecule has 0 spiro atoms. The summed E-state index contributed by atoms with van der Waals surface area (Å²) in [5, 5.41) is 6.89. The molecule has 1 aromatic carbocycles. The van der Waals surface area contributed by atoms with E-state index in [4.69, 9.17) is 23.9 Å². The average Bonchev–Trinajstić information content (AvgIpc) is 3.27. The van der Waals surface area contributed by atoms with Crippen molar-refractivity contribution in [1.29, 1.82) is 0 Å². The van der Waals surface area contributed by atoms with E-state index in [0.717, 1.165) is 89.5 Å². The number of nitrogens with one attached hydrogen (secondary N) is 2. The summed E-state index contributed by atoms with van der Waals surface area (Å²) >= 11 is 0. The van der Waals surface area contributed by atoms with Crippen LogP contribution in [0.4, 0.5) is 0 Å². The first-order valence-electron chi connectivity index (χ1n) is 11.1. The van der Waals surface area contributed by atoms with Crippen LogP contribution in [0.1, 0.15) is 25.3 Å². The van der Waals surface area contributed by atoms with Crippen LogP contribution in [0, 0.1) is 0 Å². The largest absolute Gasteiger partial charge is 0.454 e. The van der Waals surface area contributed by atoms with E-state index in [0.29, 0.717) is 13.3 Å². The molecular formula is C22H35IN4O4. The molecule has 2 N–H and O–H groups in total. The van der Waals surface area contributed by atoms with Gasteiger partial charge in [-0.05, 0) is 37.5 Å². The Labute approximate surface area is 202 Å². The number of guanidine groups is 1. The smallest absolute Gasteiger partial charge is 0.231 e. The van der Waals surface area contributed by atoms with Crippen molar-refractivity contribution in [3.8, 4) is 11.5 Å². The Morgan fingerprint density at radius 3 is 2.55 bits per heavy atom. The first-order valence-corrected chi connectivity index (χ1v) is 11.1. The van der Waals surface area contributed by atoms with Gasteiger partial charge in [-0.15, -0.1) is 24.0 Å². The summed E-state index contributed by atoms with van der Waals surface area (Å²) in [6, 6.07) is 6.31. The van der Waals surface area contributed by atoms with Crippen LogP contribution in [0.2, 0.25) is 0 Å². The number of morpholine rings is 1. The fourth-order valence-electron chi connectivity index (χ4n) is 4.26. The van der Waals surface area contributed by atoms with Gasteiger partial charge in [0.25, 0.3) is 0 Å². The summed E-state index contributed by atoms with van der Waals surface area (Å²) in [7, 11) is 0. The second-order valence-corrected chi connectivity index (χ2v) is 8.04. The zero-order chi connectivity index (χ0) is 20.7. The minimum atomic E-state index is -0.0498. The molecule has 1 aromatic rings. The Balaban J connectivity index is 0.00000272. The molecule has 0 amide bonds. The topological polar surface area (TPSA) is 76.6 Å². The lowest BCUT2D eigenvalue weighted by atomic mass is 9.74. The Hall–Kier alpha value is -1.30. The molecule has 0 saturated carbocycles. The monoisotopic (exact) mass is 546 g/mol. The van der Waals surface area contributed by atoms with Crippen LogP contribution >= 0.6 is 24.0 Å². The number of hydrogen-bond acceptors (Lipinski definition) is 6. The highest BCUT2D eigenvalue weighted by Gasteiger charge is 2.35. The standard InChI is InChI=1S/C22H34N4O4.HI/c1-2-23-21(24-7-8-26-9-13-28-14-10-26)25-16-22(5-11-27-12-6-22)18-3-4-19-20(15-18)30-17-29-19;/h3-4,15H,2,5-14,16-17H2,1H3,(H2,23,24,25);1H. The zero-order valence-corrected chi connectivity index (χ0v) is 20.7. The summed E-state index contributed by atoms with van der Waals surface area (Å²) in [5.41, 5.74) is 1.20. The first kappa shape index (κ1) is 24.3. The molecular weight excluding hydrogens is 511 g/mol. The molecule has 4 rings (SSSR count). The van der Waals surface area contributed by atoms with Gasteiger partial charge < -0.3 is 29.6 Å². The predicted octanol–water partition coefficient (Wildman–Crippen LogP) is 1.97. The fourth-order valence-corrected chi connectivity index (χ4v) is 4.26. The summed E-state index contributed by atoms with van der Waals surface area (Å²) in [5.74, 6) is 2.53. The maximum atomic E-state index is 5.67. The predicted molar refractivity (Wildman–Crippen MR) is 131 cm³/mol. The van der Waals surface area contributed by atoms with Crippen molar-refractivity contribution >= 4 is 29.9 Å². The maximum absolute atomic E-state index is 5.67. The van der Waals surface area contributed by atoms with Crippen LogP contribution < -0.4 is 20.1 Å². The molecule has 0 aromatic heterocycles. The van der Waals surface area contributed by atoms with E-state index in [1.165, 1.54) is 5.56 Å². The molecule has 3 heterocycles. The molecule has 2 saturated heterocycles. The van der Waals surface area contributed by atoms with Gasteiger partial charge in [-0.3, -0.25) is 9.89 Å². The summed E-state index contributed by atoms with van der Waals surface area (Å²) in [6.45, 7) is 11.0. The highest BCUT2D eigenvalue weighted by molar-refractivity contribution is 14.0. The third-order valence-corrected chi connectivity index (χ3v) is 6.14. The highest BCUT2D eigenvalue weighted by atomic mass is 127. The van der Waals surface area contributed by atoms with Crippen LogP contribution in [-0.4, -0.2) is 83.3 Å². The number of ether oxygens (including phenoxy) is 4. The van der Waals surface area contributed by atoms with Crippen LogP contribution in [0.3, 0.4) is 0 Å². The zero-order valence-electron chi connectivity index (χ0n) is 18.4. The van der Waals surface area contributed by atoms with Crippen molar-refractivity contribution in [3.05, 3.63) is 23.8 Å². The highest BCUT2D eigenvalue weighted by Crippen LogP contribution is 2.41. The molecule has 0 atom stereocenters. The number of benzene rings is 1. The Morgan fingerprint density at radius 2 is 1.77 bits per heavy atom. The van der Waals surface area contributed by atoms with Gasteiger partial charge in [-0.2, -0.15) is 0 Å².